The van der Waals surface area contributed by atoms with Crippen LogP contribution in [0.1, 0.15) is 32.6 Å². The van der Waals surface area contributed by atoms with Crippen molar-refractivity contribution in [3.05, 3.63) is 29.3 Å². The Morgan fingerprint density at radius 2 is 1.88 bits per heavy atom. The molecular formula is C19H27ClN2O3. The topological polar surface area (TPSA) is 49.9 Å². The first-order valence-corrected chi connectivity index (χ1v) is 9.30. The minimum atomic E-state index is 0.00575. The summed E-state index contributed by atoms with van der Waals surface area (Å²) >= 11 is 5.84. The molecule has 25 heavy (non-hydrogen) atoms. The zero-order chi connectivity index (χ0) is 18.2. The smallest absolute Gasteiger partial charge is 0.225 e. The zero-order valence-electron chi connectivity index (χ0n) is 15.0. The number of halogens is 1. The highest BCUT2D eigenvalue weighted by molar-refractivity contribution is 6.30. The van der Waals surface area contributed by atoms with Gasteiger partial charge in [-0.15, -0.1) is 0 Å². The summed E-state index contributed by atoms with van der Waals surface area (Å²) in [5.41, 5.74) is 0. The van der Waals surface area contributed by atoms with Gasteiger partial charge in [-0.05, 0) is 43.5 Å². The van der Waals surface area contributed by atoms with Crippen LogP contribution >= 0.6 is 11.6 Å². The summed E-state index contributed by atoms with van der Waals surface area (Å²) < 4.78 is 5.64. The molecule has 1 saturated heterocycles. The normalized spacial score (nSPS) is 15.1. The Hall–Kier alpha value is -1.75. The number of hydrogen-bond donors (Lipinski definition) is 0. The van der Waals surface area contributed by atoms with E-state index in [2.05, 4.69) is 0 Å². The van der Waals surface area contributed by atoms with Crippen molar-refractivity contribution in [3.63, 3.8) is 0 Å². The van der Waals surface area contributed by atoms with Crippen LogP contribution in [0.25, 0.3) is 0 Å². The minimum Gasteiger partial charge on any atom is -0.492 e. The highest BCUT2D eigenvalue weighted by atomic mass is 35.5. The maximum atomic E-state index is 12.5. The van der Waals surface area contributed by atoms with Crippen molar-refractivity contribution in [2.24, 2.45) is 5.92 Å². The van der Waals surface area contributed by atoms with Crippen molar-refractivity contribution in [1.82, 2.24) is 9.80 Å². The molecule has 2 amide bonds. The SMILES string of the molecule is CCCC(=O)N1CCC(C(=O)N(C)CCOc2ccc(Cl)cc2)CC1. The van der Waals surface area contributed by atoms with Crippen molar-refractivity contribution < 1.29 is 14.3 Å². The number of hydrogen-bond acceptors (Lipinski definition) is 3. The van der Waals surface area contributed by atoms with Gasteiger partial charge in [-0.3, -0.25) is 9.59 Å². The van der Waals surface area contributed by atoms with Gasteiger partial charge < -0.3 is 14.5 Å². The first-order chi connectivity index (χ1) is 12.0. The molecular weight excluding hydrogens is 340 g/mol. The van der Waals surface area contributed by atoms with Crippen LogP contribution in [0, 0.1) is 5.92 Å². The summed E-state index contributed by atoms with van der Waals surface area (Å²) in [5.74, 6) is 1.10. The van der Waals surface area contributed by atoms with Crippen molar-refractivity contribution >= 4 is 23.4 Å². The average molecular weight is 367 g/mol. The van der Waals surface area contributed by atoms with Gasteiger partial charge >= 0.3 is 0 Å². The van der Waals surface area contributed by atoms with Gasteiger partial charge in [0.05, 0.1) is 6.54 Å². The fourth-order valence-electron chi connectivity index (χ4n) is 3.00. The zero-order valence-corrected chi connectivity index (χ0v) is 15.8. The van der Waals surface area contributed by atoms with Gasteiger partial charge in [-0.1, -0.05) is 18.5 Å². The molecule has 138 valence electrons. The van der Waals surface area contributed by atoms with Crippen LogP contribution in [0.3, 0.4) is 0 Å². The average Bonchev–Trinajstić information content (AvgIpc) is 2.63. The number of likely N-dealkylation sites (tertiary alicyclic amines) is 1. The molecule has 1 aliphatic heterocycles. The molecule has 0 N–H and O–H groups in total. The van der Waals surface area contributed by atoms with Crippen LogP contribution in [0.4, 0.5) is 0 Å². The molecule has 1 fully saturated rings. The second-order valence-corrected chi connectivity index (χ2v) is 6.90. The van der Waals surface area contributed by atoms with Crippen LogP contribution in [-0.4, -0.2) is 54.9 Å². The molecule has 0 atom stereocenters. The number of piperidine rings is 1. The molecule has 0 unspecified atom stereocenters. The molecule has 0 aliphatic carbocycles. The van der Waals surface area contributed by atoms with E-state index in [1.54, 1.807) is 17.0 Å². The summed E-state index contributed by atoms with van der Waals surface area (Å²) in [7, 11) is 1.81. The number of carbonyl (C=O) groups is 2. The number of amides is 2. The first-order valence-electron chi connectivity index (χ1n) is 8.92. The van der Waals surface area contributed by atoms with Gasteiger partial charge in [-0.2, -0.15) is 0 Å². The predicted octanol–water partition coefficient (Wildman–Crippen LogP) is 3.22. The first kappa shape index (κ1) is 19.6. The van der Waals surface area contributed by atoms with E-state index in [-0.39, 0.29) is 17.7 Å². The molecule has 0 bridgehead atoms. The lowest BCUT2D eigenvalue weighted by molar-refractivity contribution is -0.140. The van der Waals surface area contributed by atoms with Crippen molar-refractivity contribution in [1.29, 1.82) is 0 Å². The lowest BCUT2D eigenvalue weighted by atomic mass is 9.95. The van der Waals surface area contributed by atoms with Gasteiger partial charge in [0.25, 0.3) is 0 Å². The summed E-state index contributed by atoms with van der Waals surface area (Å²) in [5, 5.41) is 0.670. The molecule has 6 heteroatoms. The van der Waals surface area contributed by atoms with Crippen molar-refractivity contribution in [2.45, 2.75) is 32.6 Å². The second kappa shape index (κ2) is 9.66. The Balaban J connectivity index is 1.71. The molecule has 0 saturated carbocycles. The maximum Gasteiger partial charge on any atom is 0.225 e. The lowest BCUT2D eigenvalue weighted by Gasteiger charge is -2.33. The van der Waals surface area contributed by atoms with Gasteiger partial charge in [0.15, 0.2) is 0 Å². The Kier molecular flexibility index (Phi) is 7.56. The van der Waals surface area contributed by atoms with Crippen LogP contribution in [0.5, 0.6) is 5.75 Å². The predicted molar refractivity (Wildman–Crippen MR) is 98.8 cm³/mol. The van der Waals surface area contributed by atoms with Gasteiger partial charge in [-0.25, -0.2) is 0 Å². The monoisotopic (exact) mass is 366 g/mol. The van der Waals surface area contributed by atoms with E-state index in [4.69, 9.17) is 16.3 Å². The second-order valence-electron chi connectivity index (χ2n) is 6.47. The van der Waals surface area contributed by atoms with Crippen LogP contribution < -0.4 is 4.74 Å². The summed E-state index contributed by atoms with van der Waals surface area (Å²) in [6.07, 6.45) is 2.96. The van der Waals surface area contributed by atoms with E-state index in [1.807, 2.05) is 31.0 Å². The molecule has 2 rings (SSSR count). The Morgan fingerprint density at radius 1 is 1.24 bits per heavy atom. The van der Waals surface area contributed by atoms with E-state index in [1.165, 1.54) is 0 Å². The Bertz CT molecular complexity index is 569. The van der Waals surface area contributed by atoms with E-state index in [9.17, 15) is 9.59 Å². The standard InChI is InChI=1S/C19H27ClN2O3/c1-3-4-18(23)22-11-9-15(10-12-22)19(24)21(2)13-14-25-17-7-5-16(20)6-8-17/h5-8,15H,3-4,9-14H2,1-2H3. The lowest BCUT2D eigenvalue weighted by Crippen LogP contribution is -2.44. The van der Waals surface area contributed by atoms with Crippen LogP contribution in [-0.2, 0) is 9.59 Å². The van der Waals surface area contributed by atoms with Crippen LogP contribution in [0.15, 0.2) is 24.3 Å². The Morgan fingerprint density at radius 3 is 2.48 bits per heavy atom. The molecule has 1 aliphatic rings. The summed E-state index contributed by atoms with van der Waals surface area (Å²) in [4.78, 5) is 28.1. The largest absolute Gasteiger partial charge is 0.492 e. The molecule has 0 radical (unpaired) electrons. The minimum absolute atomic E-state index is 0.00575. The quantitative estimate of drug-likeness (QED) is 0.744. The maximum absolute atomic E-state index is 12.5. The third-order valence-corrected chi connectivity index (χ3v) is 4.80. The number of rotatable bonds is 7. The fourth-order valence-corrected chi connectivity index (χ4v) is 3.13. The third-order valence-electron chi connectivity index (χ3n) is 4.55. The van der Waals surface area contributed by atoms with E-state index >= 15 is 0 Å². The number of ether oxygens (including phenoxy) is 1. The number of likely N-dealkylation sites (N-methyl/N-ethyl adjacent to an activating group) is 1. The fraction of sp³-hybridized carbons (Fsp3) is 0.579. The number of nitrogens with zero attached hydrogens (tertiary/aromatic N) is 2. The van der Waals surface area contributed by atoms with E-state index in [0.29, 0.717) is 37.7 Å². The van der Waals surface area contributed by atoms with E-state index < -0.39 is 0 Å². The summed E-state index contributed by atoms with van der Waals surface area (Å²) in [6.45, 7) is 4.36. The van der Waals surface area contributed by atoms with Gasteiger partial charge in [0.1, 0.15) is 12.4 Å². The van der Waals surface area contributed by atoms with Crippen molar-refractivity contribution in [3.8, 4) is 5.75 Å². The number of carbonyl (C=O) groups excluding carboxylic acids is 2. The van der Waals surface area contributed by atoms with Crippen LogP contribution in [0.2, 0.25) is 5.02 Å². The van der Waals surface area contributed by atoms with Gasteiger partial charge in [0.2, 0.25) is 11.8 Å². The Labute approximate surface area is 154 Å². The molecule has 1 aromatic rings. The van der Waals surface area contributed by atoms with Crippen molar-refractivity contribution in [2.75, 3.05) is 33.3 Å². The highest BCUT2D eigenvalue weighted by Crippen LogP contribution is 2.20. The third kappa shape index (κ3) is 5.92. The highest BCUT2D eigenvalue weighted by Gasteiger charge is 2.28. The molecule has 0 aromatic heterocycles. The molecule has 1 heterocycles. The number of benzene rings is 1. The van der Waals surface area contributed by atoms with E-state index in [0.717, 1.165) is 25.0 Å². The summed E-state index contributed by atoms with van der Waals surface area (Å²) in [6, 6.07) is 7.18. The van der Waals surface area contributed by atoms with Gasteiger partial charge in [0, 0.05) is 37.5 Å². The molecule has 5 nitrogen and oxygen atoms in total. The molecule has 1 aromatic carbocycles. The molecule has 0 spiro atoms.